The van der Waals surface area contributed by atoms with E-state index >= 15 is 0 Å². The molecule has 1 aromatic carbocycles. The Morgan fingerprint density at radius 2 is 2.23 bits per heavy atom. The number of fused-ring (bicyclic) bond motifs is 1. The third-order valence-corrected chi connectivity index (χ3v) is 5.42. The van der Waals surface area contributed by atoms with E-state index in [2.05, 4.69) is 4.98 Å². The molecular weight excluding hydrogens is 376 g/mol. The third-order valence-electron chi connectivity index (χ3n) is 3.97. The molecule has 0 N–H and O–H groups in total. The summed E-state index contributed by atoms with van der Waals surface area (Å²) in [5.74, 6) is 0.463. The van der Waals surface area contributed by atoms with Crippen molar-refractivity contribution in [2.45, 2.75) is 13.5 Å². The molecule has 3 heterocycles. The van der Waals surface area contributed by atoms with E-state index in [0.717, 1.165) is 15.8 Å². The minimum atomic E-state index is -0.330. The normalized spacial score (nSPS) is 13.8. The molecule has 0 unspecified atom stereocenters. The van der Waals surface area contributed by atoms with Gasteiger partial charge < -0.3 is 13.9 Å². The van der Waals surface area contributed by atoms with Crippen LogP contribution in [0.25, 0.3) is 10.2 Å². The molecule has 0 fully saturated rings. The van der Waals surface area contributed by atoms with Crippen LogP contribution in [0.1, 0.15) is 11.3 Å². The Kier molecular flexibility index (Phi) is 4.57. The van der Waals surface area contributed by atoms with Gasteiger partial charge in [0.1, 0.15) is 25.2 Å². The summed E-state index contributed by atoms with van der Waals surface area (Å²) in [4.78, 5) is 19.2. The van der Waals surface area contributed by atoms with Crippen LogP contribution in [0.3, 0.4) is 0 Å². The quantitative estimate of drug-likeness (QED) is 0.665. The molecule has 134 valence electrons. The van der Waals surface area contributed by atoms with Gasteiger partial charge in [-0.1, -0.05) is 22.9 Å². The van der Waals surface area contributed by atoms with Gasteiger partial charge in [-0.2, -0.15) is 0 Å². The topological polar surface area (TPSA) is 64.8 Å². The van der Waals surface area contributed by atoms with Crippen LogP contribution >= 0.6 is 22.9 Å². The Bertz CT molecular complexity index is 981. The van der Waals surface area contributed by atoms with Crippen molar-refractivity contribution in [1.29, 1.82) is 0 Å². The number of halogens is 1. The number of hydrogen-bond acceptors (Lipinski definition) is 6. The van der Waals surface area contributed by atoms with Crippen LogP contribution in [-0.2, 0) is 20.8 Å². The molecule has 26 heavy (non-hydrogen) atoms. The van der Waals surface area contributed by atoms with E-state index in [0.29, 0.717) is 29.1 Å². The maximum atomic E-state index is 13.0. The van der Waals surface area contributed by atoms with Crippen LogP contribution in [-0.4, -0.2) is 24.1 Å². The lowest BCUT2D eigenvalue weighted by atomic mass is 10.2. The first-order valence-corrected chi connectivity index (χ1v) is 9.17. The van der Waals surface area contributed by atoms with Crippen LogP contribution in [0, 0.1) is 6.92 Å². The van der Waals surface area contributed by atoms with Crippen molar-refractivity contribution in [2.24, 2.45) is 0 Å². The summed E-state index contributed by atoms with van der Waals surface area (Å²) < 4.78 is 17.0. The largest absolute Gasteiger partial charge is 0.494 e. The van der Waals surface area contributed by atoms with E-state index in [9.17, 15) is 4.79 Å². The van der Waals surface area contributed by atoms with Crippen molar-refractivity contribution >= 4 is 44.2 Å². The van der Waals surface area contributed by atoms with E-state index in [1.807, 2.05) is 25.1 Å². The molecule has 0 atom stereocenters. The average molecular weight is 391 g/mol. The van der Waals surface area contributed by atoms with Crippen LogP contribution in [0.4, 0.5) is 5.13 Å². The molecule has 8 heteroatoms. The van der Waals surface area contributed by atoms with Gasteiger partial charge in [0.05, 0.1) is 23.0 Å². The zero-order valence-electron chi connectivity index (χ0n) is 13.9. The zero-order chi connectivity index (χ0) is 18.1. The van der Waals surface area contributed by atoms with Gasteiger partial charge in [0.15, 0.2) is 5.13 Å². The lowest BCUT2D eigenvalue weighted by molar-refractivity contribution is -0.120. The molecule has 2 aromatic heterocycles. The van der Waals surface area contributed by atoms with E-state index in [1.165, 1.54) is 22.5 Å². The zero-order valence-corrected chi connectivity index (χ0v) is 15.5. The number of aromatic nitrogens is 1. The molecule has 0 saturated heterocycles. The smallest absolute Gasteiger partial charge is 0.298 e. The molecular formula is C18H15ClN2O4S. The summed E-state index contributed by atoms with van der Waals surface area (Å²) in [6.45, 7) is 2.90. The second kappa shape index (κ2) is 7.01. The van der Waals surface area contributed by atoms with Gasteiger partial charge >= 0.3 is 0 Å². The Morgan fingerprint density at radius 3 is 2.96 bits per heavy atom. The second-order valence-electron chi connectivity index (χ2n) is 5.69. The summed E-state index contributed by atoms with van der Waals surface area (Å²) in [7, 11) is 0. The van der Waals surface area contributed by atoms with Gasteiger partial charge in [-0.25, -0.2) is 4.98 Å². The first-order valence-electron chi connectivity index (χ1n) is 7.98. The van der Waals surface area contributed by atoms with Gasteiger partial charge in [0.2, 0.25) is 5.76 Å². The van der Waals surface area contributed by atoms with Crippen molar-refractivity contribution in [1.82, 2.24) is 4.98 Å². The summed E-state index contributed by atoms with van der Waals surface area (Å²) >= 11 is 7.61. The Balaban J connectivity index is 1.75. The van der Waals surface area contributed by atoms with E-state index in [1.54, 1.807) is 12.3 Å². The van der Waals surface area contributed by atoms with Crippen LogP contribution < -0.4 is 4.90 Å². The predicted octanol–water partition coefficient (Wildman–Crippen LogP) is 4.27. The third kappa shape index (κ3) is 3.15. The highest BCUT2D eigenvalue weighted by Gasteiger charge is 2.27. The van der Waals surface area contributed by atoms with E-state index in [-0.39, 0.29) is 18.2 Å². The average Bonchev–Trinajstić information content (AvgIpc) is 3.33. The Labute approximate surface area is 158 Å². The monoisotopic (exact) mass is 390 g/mol. The number of benzene rings is 1. The maximum absolute atomic E-state index is 13.0. The van der Waals surface area contributed by atoms with Gasteiger partial charge in [-0.05, 0) is 36.8 Å². The number of anilines is 1. The molecule has 0 saturated carbocycles. The van der Waals surface area contributed by atoms with E-state index < -0.39 is 0 Å². The summed E-state index contributed by atoms with van der Waals surface area (Å²) in [5.41, 5.74) is 1.66. The van der Waals surface area contributed by atoms with Gasteiger partial charge in [-0.3, -0.25) is 9.69 Å². The number of nitrogens with zero attached hydrogens (tertiary/aromatic N) is 2. The van der Waals surface area contributed by atoms with Crippen molar-refractivity contribution in [3.63, 3.8) is 0 Å². The molecule has 0 bridgehead atoms. The second-order valence-corrected chi connectivity index (χ2v) is 7.10. The molecule has 0 spiro atoms. The maximum Gasteiger partial charge on any atom is 0.298 e. The number of carbonyl (C=O) groups is 1. The highest BCUT2D eigenvalue weighted by atomic mass is 35.5. The minimum absolute atomic E-state index is 0.150. The molecule has 1 aliphatic rings. The Morgan fingerprint density at radius 1 is 1.35 bits per heavy atom. The highest BCUT2D eigenvalue weighted by molar-refractivity contribution is 7.22. The molecule has 4 rings (SSSR count). The lowest BCUT2D eigenvalue weighted by Gasteiger charge is -2.22. The standard InChI is InChI=1S/C18H15ClN2O4S/c1-11-13(19)4-5-15-16(11)20-18(26-15)21(9-12-3-2-6-24-12)17(22)14-10-23-7-8-25-14/h2-6,10H,7-9H2,1H3. The Hall–Kier alpha value is -2.51. The number of hydrogen-bond donors (Lipinski definition) is 0. The molecule has 6 nitrogen and oxygen atoms in total. The summed E-state index contributed by atoms with van der Waals surface area (Å²) in [6, 6.07) is 7.32. The molecule has 3 aromatic rings. The SMILES string of the molecule is Cc1c(Cl)ccc2sc(N(Cc3ccco3)C(=O)C3=COCCO3)nc12. The van der Waals surface area contributed by atoms with Crippen LogP contribution in [0.5, 0.6) is 0 Å². The van der Waals surface area contributed by atoms with E-state index in [4.69, 9.17) is 25.5 Å². The number of aryl methyl sites for hydroxylation is 1. The van der Waals surface area contributed by atoms with Gasteiger partial charge in [0, 0.05) is 5.02 Å². The summed E-state index contributed by atoms with van der Waals surface area (Å²) in [6.07, 6.45) is 2.91. The van der Waals surface area contributed by atoms with Crippen LogP contribution in [0.2, 0.25) is 5.02 Å². The van der Waals surface area contributed by atoms with Crippen molar-refractivity contribution in [3.05, 3.63) is 58.9 Å². The first-order chi connectivity index (χ1) is 12.6. The van der Waals surface area contributed by atoms with Crippen molar-refractivity contribution < 1.29 is 18.7 Å². The van der Waals surface area contributed by atoms with Crippen molar-refractivity contribution in [3.8, 4) is 0 Å². The number of thiazole rings is 1. The molecule has 0 aliphatic carbocycles. The highest BCUT2D eigenvalue weighted by Crippen LogP contribution is 2.34. The fourth-order valence-electron chi connectivity index (χ4n) is 2.60. The fourth-order valence-corrected chi connectivity index (χ4v) is 3.78. The predicted molar refractivity (Wildman–Crippen MR) is 99.3 cm³/mol. The number of carbonyl (C=O) groups excluding carboxylic acids is 1. The molecule has 0 radical (unpaired) electrons. The molecule has 1 amide bonds. The lowest BCUT2D eigenvalue weighted by Crippen LogP contribution is -2.33. The van der Waals surface area contributed by atoms with Gasteiger partial charge in [0.25, 0.3) is 5.91 Å². The summed E-state index contributed by atoms with van der Waals surface area (Å²) in [5, 5.41) is 1.19. The first kappa shape index (κ1) is 16.9. The van der Waals surface area contributed by atoms with Crippen LogP contribution in [0.15, 0.2) is 47.0 Å². The molecule has 1 aliphatic heterocycles. The number of amides is 1. The minimum Gasteiger partial charge on any atom is -0.494 e. The van der Waals surface area contributed by atoms with Crippen molar-refractivity contribution in [2.75, 3.05) is 18.1 Å². The number of furan rings is 1. The number of rotatable bonds is 4. The van der Waals surface area contributed by atoms with Gasteiger partial charge in [-0.15, -0.1) is 0 Å². The number of ether oxygens (including phenoxy) is 2. The fraction of sp³-hybridized carbons (Fsp3) is 0.222.